The lowest BCUT2D eigenvalue weighted by Gasteiger charge is -2.42. The van der Waals surface area contributed by atoms with Gasteiger partial charge in [0.25, 0.3) is 0 Å². The molecule has 1 fully saturated rings. The Labute approximate surface area is 204 Å². The van der Waals surface area contributed by atoms with E-state index in [0.29, 0.717) is 24.5 Å². The van der Waals surface area contributed by atoms with Gasteiger partial charge in [-0.3, -0.25) is 4.90 Å². The van der Waals surface area contributed by atoms with Crippen molar-refractivity contribution in [1.29, 1.82) is 0 Å². The largest absolute Gasteiger partial charge is 0.493 e. The Morgan fingerprint density at radius 3 is 2.34 bits per heavy atom. The molecule has 1 N–H and O–H groups in total. The van der Waals surface area contributed by atoms with E-state index in [2.05, 4.69) is 19.2 Å². The van der Waals surface area contributed by atoms with Crippen molar-refractivity contribution >= 4 is 6.03 Å². The first-order valence-corrected chi connectivity index (χ1v) is 11.8. The number of alkyl halides is 3. The SMILES string of the molecule is CC(C)COc1ccc(CNC(=O)N(Cc2ccc(F)cc2)[C@H]2CCN(C)[C@@H](C(F)(F)F)C2)cc1. The number of ether oxygens (including phenoxy) is 1. The van der Waals surface area contributed by atoms with Crippen LogP contribution < -0.4 is 10.1 Å². The van der Waals surface area contributed by atoms with Crippen LogP contribution in [0.25, 0.3) is 0 Å². The van der Waals surface area contributed by atoms with Gasteiger partial charge in [-0.05, 0) is 61.2 Å². The van der Waals surface area contributed by atoms with Crippen LogP contribution in [0.1, 0.15) is 37.8 Å². The zero-order valence-electron chi connectivity index (χ0n) is 20.3. The first kappa shape index (κ1) is 26.8. The first-order valence-electron chi connectivity index (χ1n) is 11.8. The number of nitrogens with one attached hydrogen (secondary N) is 1. The van der Waals surface area contributed by atoms with Crippen molar-refractivity contribution in [2.75, 3.05) is 20.2 Å². The fourth-order valence-corrected chi connectivity index (χ4v) is 4.13. The van der Waals surface area contributed by atoms with Crippen LogP contribution in [0.2, 0.25) is 0 Å². The van der Waals surface area contributed by atoms with Crippen molar-refractivity contribution in [2.45, 2.75) is 58.0 Å². The molecule has 0 spiro atoms. The topological polar surface area (TPSA) is 44.8 Å². The highest BCUT2D eigenvalue weighted by molar-refractivity contribution is 5.74. The summed E-state index contributed by atoms with van der Waals surface area (Å²) >= 11 is 0. The monoisotopic (exact) mass is 495 g/mol. The summed E-state index contributed by atoms with van der Waals surface area (Å²) in [5.74, 6) is 0.718. The Morgan fingerprint density at radius 2 is 1.74 bits per heavy atom. The van der Waals surface area contributed by atoms with E-state index in [-0.39, 0.29) is 26.1 Å². The van der Waals surface area contributed by atoms with Crippen molar-refractivity contribution in [3.8, 4) is 5.75 Å². The highest BCUT2D eigenvalue weighted by Crippen LogP contribution is 2.33. The number of carbonyl (C=O) groups is 1. The summed E-state index contributed by atoms with van der Waals surface area (Å²) in [7, 11) is 1.45. The van der Waals surface area contributed by atoms with Gasteiger partial charge in [0.1, 0.15) is 17.6 Å². The third-order valence-electron chi connectivity index (χ3n) is 6.14. The number of hydrogen-bond acceptors (Lipinski definition) is 3. The predicted molar refractivity (Wildman–Crippen MR) is 126 cm³/mol. The molecule has 9 heteroatoms. The molecule has 0 unspecified atom stereocenters. The Bertz CT molecular complexity index is 949. The predicted octanol–water partition coefficient (Wildman–Crippen LogP) is 5.60. The number of likely N-dealkylation sites (tertiary alicyclic amines) is 1. The molecule has 1 aliphatic heterocycles. The molecule has 2 amide bonds. The zero-order chi connectivity index (χ0) is 25.6. The summed E-state index contributed by atoms with van der Waals surface area (Å²) in [4.78, 5) is 15.9. The maximum Gasteiger partial charge on any atom is 0.404 e. The molecule has 1 aliphatic rings. The normalized spacial score (nSPS) is 19.0. The second-order valence-corrected chi connectivity index (χ2v) is 9.48. The third kappa shape index (κ3) is 7.85. The summed E-state index contributed by atoms with van der Waals surface area (Å²) < 4.78 is 59.8. The Balaban J connectivity index is 1.70. The number of rotatable bonds is 8. The van der Waals surface area contributed by atoms with Gasteiger partial charge in [0.05, 0.1) is 6.61 Å². The molecule has 0 aromatic heterocycles. The van der Waals surface area contributed by atoms with Crippen molar-refractivity contribution in [1.82, 2.24) is 15.1 Å². The molecular formula is C26H33F4N3O2. The number of urea groups is 1. The van der Waals surface area contributed by atoms with Crippen LogP contribution in [0.5, 0.6) is 5.75 Å². The van der Waals surface area contributed by atoms with Gasteiger partial charge >= 0.3 is 12.2 Å². The highest BCUT2D eigenvalue weighted by Gasteiger charge is 2.46. The Morgan fingerprint density at radius 1 is 1.11 bits per heavy atom. The molecule has 1 saturated heterocycles. The van der Waals surface area contributed by atoms with Crippen molar-refractivity contribution in [3.63, 3.8) is 0 Å². The molecule has 5 nitrogen and oxygen atoms in total. The molecular weight excluding hydrogens is 462 g/mol. The van der Waals surface area contributed by atoms with Gasteiger partial charge < -0.3 is 15.0 Å². The summed E-state index contributed by atoms with van der Waals surface area (Å²) in [6.45, 7) is 5.25. The lowest BCUT2D eigenvalue weighted by molar-refractivity contribution is -0.191. The standard InChI is InChI=1S/C26H33F4N3O2/c1-18(2)17-35-23-10-6-19(7-11-23)15-31-25(34)33(16-20-4-8-21(27)9-5-20)22-12-13-32(3)24(14-22)26(28,29)30/h4-11,18,22,24H,12-17H2,1-3H3,(H,31,34)/t22-,24+/m0/s1. The molecule has 0 saturated carbocycles. The minimum atomic E-state index is -4.38. The maximum atomic E-state index is 13.6. The van der Waals surface area contributed by atoms with Crippen LogP contribution in [0.3, 0.4) is 0 Å². The lowest BCUT2D eigenvalue weighted by atomic mass is 9.95. The number of nitrogens with zero attached hydrogens (tertiary/aromatic N) is 2. The molecule has 2 aromatic rings. The van der Waals surface area contributed by atoms with Crippen molar-refractivity contribution in [2.24, 2.45) is 5.92 Å². The lowest BCUT2D eigenvalue weighted by Crippen LogP contribution is -2.56. The van der Waals surface area contributed by atoms with Gasteiger partial charge in [0.15, 0.2) is 0 Å². The second kappa shape index (κ2) is 11.7. The van der Waals surface area contributed by atoms with E-state index in [9.17, 15) is 22.4 Å². The fourth-order valence-electron chi connectivity index (χ4n) is 4.13. The van der Waals surface area contributed by atoms with E-state index < -0.39 is 30.1 Å². The molecule has 2 aromatic carbocycles. The van der Waals surface area contributed by atoms with E-state index >= 15 is 0 Å². The fraction of sp³-hybridized carbons (Fsp3) is 0.500. The summed E-state index contributed by atoms with van der Waals surface area (Å²) in [6.07, 6.45) is -4.18. The Hall–Kier alpha value is -2.81. The van der Waals surface area contributed by atoms with Crippen LogP contribution in [0.4, 0.5) is 22.4 Å². The van der Waals surface area contributed by atoms with Crippen molar-refractivity contribution < 1.29 is 27.1 Å². The molecule has 35 heavy (non-hydrogen) atoms. The molecule has 192 valence electrons. The van der Waals surface area contributed by atoms with Crippen LogP contribution in [-0.4, -0.2) is 54.3 Å². The zero-order valence-corrected chi connectivity index (χ0v) is 20.3. The van der Waals surface area contributed by atoms with E-state index in [4.69, 9.17) is 4.74 Å². The van der Waals surface area contributed by atoms with Crippen LogP contribution in [-0.2, 0) is 13.1 Å². The molecule has 0 radical (unpaired) electrons. The third-order valence-corrected chi connectivity index (χ3v) is 6.14. The van der Waals surface area contributed by atoms with Gasteiger partial charge in [-0.1, -0.05) is 38.1 Å². The maximum absolute atomic E-state index is 13.6. The van der Waals surface area contributed by atoms with Gasteiger partial charge in [-0.15, -0.1) is 0 Å². The average Bonchev–Trinajstić information content (AvgIpc) is 2.81. The molecule has 0 aliphatic carbocycles. The minimum Gasteiger partial charge on any atom is -0.493 e. The Kier molecular flexibility index (Phi) is 8.99. The molecule has 1 heterocycles. The highest BCUT2D eigenvalue weighted by atomic mass is 19.4. The van der Waals surface area contributed by atoms with Gasteiger partial charge in [0, 0.05) is 25.7 Å². The van der Waals surface area contributed by atoms with Gasteiger partial charge in [-0.25, -0.2) is 9.18 Å². The van der Waals surface area contributed by atoms with E-state index in [0.717, 1.165) is 11.3 Å². The molecule has 0 bridgehead atoms. The second-order valence-electron chi connectivity index (χ2n) is 9.48. The summed E-state index contributed by atoms with van der Waals surface area (Å²) in [5, 5.41) is 2.84. The number of piperidine rings is 1. The van der Waals surface area contributed by atoms with E-state index in [1.54, 1.807) is 12.1 Å². The summed E-state index contributed by atoms with van der Waals surface area (Å²) in [6, 6.07) is 10.3. The molecule has 3 rings (SSSR count). The number of hydrogen-bond donors (Lipinski definition) is 1. The van der Waals surface area contributed by atoms with Crippen LogP contribution in [0.15, 0.2) is 48.5 Å². The van der Waals surface area contributed by atoms with Gasteiger partial charge in [-0.2, -0.15) is 13.2 Å². The van der Waals surface area contributed by atoms with Crippen molar-refractivity contribution in [3.05, 3.63) is 65.5 Å². The number of benzene rings is 2. The van der Waals surface area contributed by atoms with E-state index in [1.165, 1.54) is 29.0 Å². The van der Waals surface area contributed by atoms with E-state index in [1.807, 2.05) is 24.3 Å². The first-order chi connectivity index (χ1) is 16.5. The quantitative estimate of drug-likeness (QED) is 0.485. The number of carbonyl (C=O) groups excluding carboxylic acids is 1. The smallest absolute Gasteiger partial charge is 0.404 e. The molecule has 2 atom stereocenters. The van der Waals surface area contributed by atoms with Crippen LogP contribution >= 0.6 is 0 Å². The average molecular weight is 496 g/mol. The minimum absolute atomic E-state index is 0.0903. The number of amides is 2. The number of halogens is 4. The van der Waals surface area contributed by atoms with Gasteiger partial charge in [0.2, 0.25) is 0 Å². The van der Waals surface area contributed by atoms with Crippen LogP contribution in [0, 0.1) is 11.7 Å². The summed E-state index contributed by atoms with van der Waals surface area (Å²) in [5.41, 5.74) is 1.49.